The molecule has 0 spiro atoms. The van der Waals surface area contributed by atoms with E-state index in [4.69, 9.17) is 0 Å². The molecule has 38 heavy (non-hydrogen) atoms. The van der Waals surface area contributed by atoms with Crippen LogP contribution in [0, 0.1) is 18.8 Å². The fourth-order valence-electron chi connectivity index (χ4n) is 5.48. The number of nitrogens with zero attached hydrogens (tertiary/aromatic N) is 1. The van der Waals surface area contributed by atoms with Gasteiger partial charge in [-0.15, -0.1) is 11.8 Å². The third-order valence-electron chi connectivity index (χ3n) is 7.53. The fraction of sp³-hybridized carbons (Fsp3) is 0.516. The Morgan fingerprint density at radius 2 is 1.82 bits per heavy atom. The lowest BCUT2D eigenvalue weighted by Crippen LogP contribution is -2.53. The molecule has 0 radical (unpaired) electrons. The highest BCUT2D eigenvalue weighted by atomic mass is 32.2. The number of thioether (sulfide) groups is 1. The minimum atomic E-state index is -0.525. The molecule has 7 heteroatoms. The van der Waals surface area contributed by atoms with Crippen LogP contribution in [-0.4, -0.2) is 53.4 Å². The minimum absolute atomic E-state index is 0.0632. The Hall–Kier alpha value is -2.64. The van der Waals surface area contributed by atoms with Crippen LogP contribution in [0.15, 0.2) is 53.4 Å². The zero-order valence-corrected chi connectivity index (χ0v) is 23.7. The first kappa shape index (κ1) is 28.4. The Morgan fingerprint density at radius 1 is 1.05 bits per heavy atom. The number of hydrogen-bond acceptors (Lipinski definition) is 5. The number of nitrogens with one attached hydrogen (secondary N) is 2. The summed E-state index contributed by atoms with van der Waals surface area (Å²) in [6.07, 6.45) is 4.02. The van der Waals surface area contributed by atoms with E-state index in [0.29, 0.717) is 24.9 Å². The minimum Gasteiger partial charge on any atom is -0.349 e. The molecule has 6 nitrogen and oxygen atoms in total. The summed E-state index contributed by atoms with van der Waals surface area (Å²) in [4.78, 5) is 43.4. The number of benzene rings is 2. The molecule has 2 aliphatic rings. The maximum absolute atomic E-state index is 13.6. The summed E-state index contributed by atoms with van der Waals surface area (Å²) >= 11 is 1.85. The Balaban J connectivity index is 1.41. The van der Waals surface area contributed by atoms with Gasteiger partial charge in [-0.25, -0.2) is 0 Å². The molecule has 1 aliphatic heterocycles. The highest BCUT2D eigenvalue weighted by Gasteiger charge is 2.34. The molecule has 2 aromatic rings. The first-order chi connectivity index (χ1) is 18.3. The van der Waals surface area contributed by atoms with Crippen molar-refractivity contribution >= 4 is 29.4 Å². The molecule has 0 bridgehead atoms. The molecular weight excluding hydrogens is 494 g/mol. The molecule has 2 N–H and O–H groups in total. The normalized spacial score (nSPS) is 20.7. The van der Waals surface area contributed by atoms with E-state index in [1.54, 1.807) is 12.1 Å². The van der Waals surface area contributed by atoms with Crippen molar-refractivity contribution in [3.8, 4) is 0 Å². The molecule has 0 saturated heterocycles. The number of rotatable bonds is 9. The van der Waals surface area contributed by atoms with Crippen LogP contribution in [0.5, 0.6) is 0 Å². The quantitative estimate of drug-likeness (QED) is 0.473. The van der Waals surface area contributed by atoms with Crippen LogP contribution < -0.4 is 10.6 Å². The number of carbonyl (C=O) groups is 3. The fourth-order valence-corrected chi connectivity index (χ4v) is 6.63. The summed E-state index contributed by atoms with van der Waals surface area (Å²) in [5.74, 6) is 0.675. The Kier molecular flexibility index (Phi) is 10.0. The number of hydrogen-bond donors (Lipinski definition) is 2. The average molecular weight is 536 g/mol. The van der Waals surface area contributed by atoms with E-state index in [-0.39, 0.29) is 35.5 Å². The molecule has 1 saturated carbocycles. The average Bonchev–Trinajstić information content (AvgIpc) is 3.10. The maximum Gasteiger partial charge on any atom is 0.251 e. The van der Waals surface area contributed by atoms with Crippen molar-refractivity contribution in [2.75, 3.05) is 18.8 Å². The van der Waals surface area contributed by atoms with E-state index in [1.165, 1.54) is 16.0 Å². The van der Waals surface area contributed by atoms with Gasteiger partial charge in [-0.1, -0.05) is 57.0 Å². The van der Waals surface area contributed by atoms with Gasteiger partial charge in [-0.2, -0.15) is 0 Å². The summed E-state index contributed by atoms with van der Waals surface area (Å²) < 4.78 is 0. The number of carbonyl (C=O) groups excluding carboxylic acids is 3. The molecule has 1 heterocycles. The summed E-state index contributed by atoms with van der Waals surface area (Å²) in [6.45, 7) is 8.17. The second-order valence-corrected chi connectivity index (χ2v) is 12.3. The van der Waals surface area contributed by atoms with Crippen LogP contribution in [0.25, 0.3) is 0 Å². The monoisotopic (exact) mass is 535 g/mol. The topological polar surface area (TPSA) is 78.5 Å². The number of aryl methyl sites for hydroxylation is 1. The molecule has 0 aromatic heterocycles. The third kappa shape index (κ3) is 7.70. The van der Waals surface area contributed by atoms with Crippen LogP contribution >= 0.6 is 11.8 Å². The van der Waals surface area contributed by atoms with Gasteiger partial charge in [0.2, 0.25) is 5.91 Å². The largest absolute Gasteiger partial charge is 0.349 e. The molecule has 204 valence electrons. The molecule has 1 fully saturated rings. The van der Waals surface area contributed by atoms with Gasteiger partial charge in [0.25, 0.3) is 5.91 Å². The number of fused-ring (bicyclic) bond motifs is 1. The molecule has 1 aliphatic carbocycles. The number of ketones is 1. The van der Waals surface area contributed by atoms with E-state index >= 15 is 0 Å². The van der Waals surface area contributed by atoms with Crippen molar-refractivity contribution in [3.63, 3.8) is 0 Å². The van der Waals surface area contributed by atoms with Gasteiger partial charge in [0.15, 0.2) is 5.78 Å². The SMILES string of the molecule is Cc1ccc2c(c1)SCCN(CC(=O)[C@H](CC(C)C)NC(=O)[C@@H]1CCCC[C@@H]1NC(=O)c1ccccc1)C2. The second-order valence-electron chi connectivity index (χ2n) is 11.2. The van der Waals surface area contributed by atoms with E-state index in [1.807, 2.05) is 30.0 Å². The van der Waals surface area contributed by atoms with Gasteiger partial charge < -0.3 is 10.6 Å². The first-order valence-electron chi connectivity index (χ1n) is 13.9. The van der Waals surface area contributed by atoms with Crippen molar-refractivity contribution in [3.05, 3.63) is 65.2 Å². The third-order valence-corrected chi connectivity index (χ3v) is 8.61. The lowest BCUT2D eigenvalue weighted by atomic mass is 9.83. The highest BCUT2D eigenvalue weighted by Crippen LogP contribution is 2.29. The standard InChI is InChI=1S/C31H41N3O3S/c1-21(2)17-27(28(35)20-34-15-16-38-29-18-22(3)13-14-24(29)19-34)33-31(37)25-11-7-8-12-26(25)32-30(36)23-9-5-4-6-10-23/h4-6,9-10,13-14,18,21,25-27H,7-8,11-12,15-17,19-20H2,1-3H3,(H,32,36)(H,33,37)/t25-,26+,27+/m1/s1. The summed E-state index contributed by atoms with van der Waals surface area (Å²) in [5, 5.41) is 6.22. The number of Topliss-reactive ketones (excluding diaryl/α,β-unsaturated/α-hetero) is 1. The van der Waals surface area contributed by atoms with Crippen molar-refractivity contribution in [1.29, 1.82) is 0 Å². The predicted molar refractivity (Wildman–Crippen MR) is 153 cm³/mol. The zero-order chi connectivity index (χ0) is 27.1. The summed E-state index contributed by atoms with van der Waals surface area (Å²) in [6, 6.07) is 14.9. The van der Waals surface area contributed by atoms with Gasteiger partial charge in [-0.05, 0) is 61.4 Å². The Bertz CT molecular complexity index is 1120. The van der Waals surface area contributed by atoms with Crippen molar-refractivity contribution < 1.29 is 14.4 Å². The van der Waals surface area contributed by atoms with Gasteiger partial charge in [0.05, 0.1) is 18.5 Å². The van der Waals surface area contributed by atoms with Crippen LogP contribution in [0.4, 0.5) is 0 Å². The smallest absolute Gasteiger partial charge is 0.251 e. The van der Waals surface area contributed by atoms with Gasteiger partial charge >= 0.3 is 0 Å². The van der Waals surface area contributed by atoms with Gasteiger partial charge in [-0.3, -0.25) is 19.3 Å². The summed E-state index contributed by atoms with van der Waals surface area (Å²) in [7, 11) is 0. The zero-order valence-electron chi connectivity index (χ0n) is 22.9. The van der Waals surface area contributed by atoms with Crippen LogP contribution in [-0.2, 0) is 16.1 Å². The number of amides is 2. The van der Waals surface area contributed by atoms with E-state index < -0.39 is 6.04 Å². The second kappa shape index (κ2) is 13.4. The Morgan fingerprint density at radius 3 is 2.58 bits per heavy atom. The van der Waals surface area contributed by atoms with E-state index in [0.717, 1.165) is 38.1 Å². The summed E-state index contributed by atoms with van der Waals surface area (Å²) in [5.41, 5.74) is 3.11. The van der Waals surface area contributed by atoms with Crippen LogP contribution in [0.1, 0.15) is 67.4 Å². The van der Waals surface area contributed by atoms with Gasteiger partial charge in [0.1, 0.15) is 0 Å². The van der Waals surface area contributed by atoms with Crippen molar-refractivity contribution in [2.45, 2.75) is 76.4 Å². The van der Waals surface area contributed by atoms with E-state index in [2.05, 4.69) is 54.5 Å². The molecular formula is C31H41N3O3S. The lowest BCUT2D eigenvalue weighted by molar-refractivity contribution is -0.132. The van der Waals surface area contributed by atoms with Gasteiger partial charge in [0, 0.05) is 35.3 Å². The highest BCUT2D eigenvalue weighted by molar-refractivity contribution is 7.99. The van der Waals surface area contributed by atoms with Crippen LogP contribution in [0.2, 0.25) is 0 Å². The van der Waals surface area contributed by atoms with Crippen molar-refractivity contribution in [1.82, 2.24) is 15.5 Å². The molecule has 4 rings (SSSR count). The molecule has 2 amide bonds. The lowest BCUT2D eigenvalue weighted by Gasteiger charge is -2.33. The van der Waals surface area contributed by atoms with Crippen LogP contribution in [0.3, 0.4) is 0 Å². The first-order valence-corrected chi connectivity index (χ1v) is 14.9. The molecule has 2 aromatic carbocycles. The maximum atomic E-state index is 13.6. The van der Waals surface area contributed by atoms with Crippen molar-refractivity contribution in [2.24, 2.45) is 11.8 Å². The van der Waals surface area contributed by atoms with E-state index in [9.17, 15) is 14.4 Å². The predicted octanol–water partition coefficient (Wildman–Crippen LogP) is 4.99. The molecule has 0 unspecified atom stereocenters. The molecule has 3 atom stereocenters. The Labute approximate surface area is 231 Å².